The fourth-order valence-electron chi connectivity index (χ4n) is 3.88. The predicted octanol–water partition coefficient (Wildman–Crippen LogP) is 5.68. The van der Waals surface area contributed by atoms with Crippen molar-refractivity contribution >= 4 is 45.6 Å². The molecule has 0 radical (unpaired) electrons. The third-order valence-electron chi connectivity index (χ3n) is 5.74. The standard InChI is InChI=1S/C24H26ClN5O2S2/c1-15-9-10-18(25)19(11-15)32-13-21-28-29-24(30(21)2)33-14-22(31)27-23-17(12-26)16-7-5-3-4-6-8-20(16)34-23/h9-11H,3-8,13-14H2,1-2H3,(H,27,31). The highest BCUT2D eigenvalue weighted by Crippen LogP contribution is 2.36. The maximum absolute atomic E-state index is 12.7. The molecule has 0 saturated heterocycles. The molecular formula is C24H26ClN5O2S2. The number of carbonyl (C=O) groups is 1. The summed E-state index contributed by atoms with van der Waals surface area (Å²) in [5.74, 6) is 1.23. The summed E-state index contributed by atoms with van der Waals surface area (Å²) in [6, 6.07) is 7.91. The maximum Gasteiger partial charge on any atom is 0.235 e. The fraction of sp³-hybridized carbons (Fsp3) is 0.417. The Morgan fingerprint density at radius 3 is 2.88 bits per heavy atom. The van der Waals surface area contributed by atoms with E-state index in [9.17, 15) is 10.1 Å². The predicted molar refractivity (Wildman–Crippen MR) is 136 cm³/mol. The Balaban J connectivity index is 1.36. The summed E-state index contributed by atoms with van der Waals surface area (Å²) in [7, 11) is 1.84. The summed E-state index contributed by atoms with van der Waals surface area (Å²) < 4.78 is 7.62. The summed E-state index contributed by atoms with van der Waals surface area (Å²) in [4.78, 5) is 13.9. The molecule has 0 atom stereocenters. The highest BCUT2D eigenvalue weighted by molar-refractivity contribution is 7.99. The van der Waals surface area contributed by atoms with Gasteiger partial charge in [-0.3, -0.25) is 4.79 Å². The fourth-order valence-corrected chi connectivity index (χ4v) is 6.04. The van der Waals surface area contributed by atoms with Gasteiger partial charge in [0.15, 0.2) is 11.0 Å². The summed E-state index contributed by atoms with van der Waals surface area (Å²) in [6.07, 6.45) is 6.54. The van der Waals surface area contributed by atoms with Gasteiger partial charge in [-0.2, -0.15) is 5.26 Å². The van der Waals surface area contributed by atoms with E-state index in [1.54, 1.807) is 22.0 Å². The van der Waals surface area contributed by atoms with Gasteiger partial charge in [-0.05, 0) is 55.9 Å². The SMILES string of the molecule is Cc1ccc(Cl)c(OCc2nnc(SCC(=O)Nc3sc4c(c3C#N)CCCCCC4)n2C)c1. The van der Waals surface area contributed by atoms with Crippen LogP contribution in [0.15, 0.2) is 23.4 Å². The number of thioether (sulfide) groups is 1. The van der Waals surface area contributed by atoms with Gasteiger partial charge in [-0.1, -0.05) is 42.3 Å². The lowest BCUT2D eigenvalue weighted by Crippen LogP contribution is -2.14. The van der Waals surface area contributed by atoms with Crippen LogP contribution in [0.2, 0.25) is 5.02 Å². The van der Waals surface area contributed by atoms with Crippen LogP contribution in [-0.2, 0) is 31.3 Å². The van der Waals surface area contributed by atoms with Crippen LogP contribution in [-0.4, -0.2) is 26.4 Å². The number of ether oxygens (including phenoxy) is 1. The van der Waals surface area contributed by atoms with Crippen molar-refractivity contribution in [1.29, 1.82) is 5.26 Å². The van der Waals surface area contributed by atoms with Crippen molar-refractivity contribution < 1.29 is 9.53 Å². The number of anilines is 1. The molecule has 1 aromatic carbocycles. The first-order valence-electron chi connectivity index (χ1n) is 11.2. The average molecular weight is 516 g/mol. The number of nitrogens with zero attached hydrogens (tertiary/aromatic N) is 4. The molecule has 10 heteroatoms. The van der Waals surface area contributed by atoms with Crippen LogP contribution in [0.3, 0.4) is 0 Å². The van der Waals surface area contributed by atoms with Crippen molar-refractivity contribution in [2.75, 3.05) is 11.1 Å². The van der Waals surface area contributed by atoms with Gasteiger partial charge in [-0.15, -0.1) is 21.5 Å². The summed E-state index contributed by atoms with van der Waals surface area (Å²) >= 11 is 9.04. The van der Waals surface area contributed by atoms with Crippen LogP contribution in [0.25, 0.3) is 0 Å². The van der Waals surface area contributed by atoms with Gasteiger partial charge in [0.1, 0.15) is 23.4 Å². The molecule has 178 valence electrons. The van der Waals surface area contributed by atoms with Crippen LogP contribution in [0.1, 0.15) is 53.1 Å². The third kappa shape index (κ3) is 5.74. The van der Waals surface area contributed by atoms with Crippen LogP contribution >= 0.6 is 34.7 Å². The quantitative estimate of drug-likeness (QED) is 0.407. The molecule has 34 heavy (non-hydrogen) atoms. The molecule has 0 bridgehead atoms. The first kappa shape index (κ1) is 24.6. The van der Waals surface area contributed by atoms with Crippen molar-refractivity contribution in [3.05, 3.63) is 50.6 Å². The number of carbonyl (C=O) groups excluding carboxylic acids is 1. The van der Waals surface area contributed by atoms with Crippen LogP contribution in [0.5, 0.6) is 5.75 Å². The van der Waals surface area contributed by atoms with Gasteiger partial charge in [0.05, 0.1) is 16.3 Å². The molecule has 4 rings (SSSR count). The monoisotopic (exact) mass is 515 g/mol. The number of rotatable bonds is 7. The lowest BCUT2D eigenvalue weighted by atomic mass is 9.97. The minimum absolute atomic E-state index is 0.164. The second kappa shape index (κ2) is 11.3. The Bertz CT molecular complexity index is 1230. The van der Waals surface area contributed by atoms with E-state index < -0.39 is 0 Å². The van der Waals surface area contributed by atoms with Gasteiger partial charge in [0.25, 0.3) is 0 Å². The molecule has 1 aliphatic rings. The van der Waals surface area contributed by atoms with E-state index in [0.29, 0.717) is 32.3 Å². The summed E-state index contributed by atoms with van der Waals surface area (Å²) in [5.41, 5.74) is 2.81. The van der Waals surface area contributed by atoms with E-state index in [1.165, 1.54) is 29.5 Å². The van der Waals surface area contributed by atoms with Gasteiger partial charge in [0, 0.05) is 11.9 Å². The Hall–Kier alpha value is -2.54. The Kier molecular flexibility index (Phi) is 8.14. The Labute approximate surface area is 212 Å². The van der Waals surface area contributed by atoms with Crippen molar-refractivity contribution in [1.82, 2.24) is 14.8 Å². The number of halogens is 1. The zero-order valence-corrected chi connectivity index (χ0v) is 21.6. The van der Waals surface area contributed by atoms with E-state index in [-0.39, 0.29) is 18.3 Å². The Morgan fingerprint density at radius 1 is 1.29 bits per heavy atom. The molecule has 3 aromatic rings. The molecule has 7 nitrogen and oxygen atoms in total. The summed E-state index contributed by atoms with van der Waals surface area (Å²) in [5, 5.41) is 22.9. The zero-order chi connectivity index (χ0) is 24.1. The van der Waals surface area contributed by atoms with Crippen molar-refractivity contribution in [3.8, 4) is 11.8 Å². The lowest BCUT2D eigenvalue weighted by Gasteiger charge is -2.09. The van der Waals surface area contributed by atoms with E-state index in [2.05, 4.69) is 21.6 Å². The highest BCUT2D eigenvalue weighted by atomic mass is 35.5. The van der Waals surface area contributed by atoms with Crippen molar-refractivity contribution in [2.45, 2.75) is 57.2 Å². The first-order chi connectivity index (χ1) is 16.5. The molecule has 1 N–H and O–H groups in total. The second-order valence-electron chi connectivity index (χ2n) is 8.25. The number of amides is 1. The number of benzene rings is 1. The number of nitriles is 1. The molecule has 2 aromatic heterocycles. The van der Waals surface area contributed by atoms with E-state index in [4.69, 9.17) is 16.3 Å². The molecule has 0 aliphatic heterocycles. The molecule has 0 spiro atoms. The molecule has 0 fully saturated rings. The molecule has 1 amide bonds. The van der Waals surface area contributed by atoms with Crippen LogP contribution in [0.4, 0.5) is 5.00 Å². The molecule has 0 saturated carbocycles. The minimum atomic E-state index is -0.164. The number of thiophene rings is 1. The van der Waals surface area contributed by atoms with Crippen molar-refractivity contribution in [3.63, 3.8) is 0 Å². The molecule has 0 unspecified atom stereocenters. The number of fused-ring (bicyclic) bond motifs is 1. The largest absolute Gasteiger partial charge is 0.484 e. The Morgan fingerprint density at radius 2 is 2.09 bits per heavy atom. The lowest BCUT2D eigenvalue weighted by molar-refractivity contribution is -0.113. The van der Waals surface area contributed by atoms with Gasteiger partial charge in [0.2, 0.25) is 5.91 Å². The average Bonchev–Trinajstić information content (AvgIpc) is 3.31. The number of aromatic nitrogens is 3. The minimum Gasteiger partial charge on any atom is -0.484 e. The number of nitrogens with one attached hydrogen (secondary N) is 1. The molecule has 1 aliphatic carbocycles. The third-order valence-corrected chi connectivity index (χ3v) is 8.28. The molecule has 2 heterocycles. The zero-order valence-electron chi connectivity index (χ0n) is 19.2. The van der Waals surface area contributed by atoms with Gasteiger partial charge in [-0.25, -0.2) is 0 Å². The van der Waals surface area contributed by atoms with Crippen LogP contribution in [0, 0.1) is 18.3 Å². The van der Waals surface area contributed by atoms with Crippen molar-refractivity contribution in [2.24, 2.45) is 7.05 Å². The van der Waals surface area contributed by atoms with E-state index in [1.807, 2.05) is 26.1 Å². The van der Waals surface area contributed by atoms with E-state index in [0.717, 1.165) is 36.8 Å². The van der Waals surface area contributed by atoms with Crippen LogP contribution < -0.4 is 10.1 Å². The normalized spacial score (nSPS) is 13.5. The maximum atomic E-state index is 12.7. The number of aryl methyl sites for hydroxylation is 2. The first-order valence-corrected chi connectivity index (χ1v) is 13.4. The van der Waals surface area contributed by atoms with E-state index >= 15 is 0 Å². The molecular weight excluding hydrogens is 490 g/mol. The topological polar surface area (TPSA) is 92.8 Å². The highest BCUT2D eigenvalue weighted by Gasteiger charge is 2.21. The summed E-state index contributed by atoms with van der Waals surface area (Å²) in [6.45, 7) is 2.19. The number of hydrogen-bond donors (Lipinski definition) is 1. The smallest absolute Gasteiger partial charge is 0.235 e. The van der Waals surface area contributed by atoms with Gasteiger partial charge < -0.3 is 14.6 Å². The number of hydrogen-bond acceptors (Lipinski definition) is 7. The second-order valence-corrected chi connectivity index (χ2v) is 10.7. The van der Waals surface area contributed by atoms with Gasteiger partial charge >= 0.3 is 0 Å².